The SMILES string of the molecule is CCC(CO)(CO)COCC(F)(F)F.CCC(CO)(CO)COCCC(F)(F)C(F)(F)F.CCC(CO)(CO)COCCC(F)(F)CC(F)(F)F.CCC(CO)(CO)COCCC(F)(F)F.[HH].[HH].[HH].[HH]. The maximum absolute atomic E-state index is 12.9. The van der Waals surface area contributed by atoms with Crippen molar-refractivity contribution in [1.82, 2.24) is 0 Å². The van der Waals surface area contributed by atoms with Crippen molar-refractivity contribution in [2.75, 3.05) is 106 Å². The number of halogens is 16. The molecule has 0 aliphatic carbocycles. The van der Waals surface area contributed by atoms with Crippen LogP contribution >= 0.6 is 0 Å². The zero-order valence-electron chi connectivity index (χ0n) is 37.2. The average molecular weight is 1030 g/mol. The third kappa shape index (κ3) is 33.0. The van der Waals surface area contributed by atoms with Crippen LogP contribution in [0.25, 0.3) is 0 Å². The molecule has 66 heavy (non-hydrogen) atoms. The smallest absolute Gasteiger partial charge is 0.396 e. The number of ether oxygens (including phenoxy) is 4. The molecule has 8 N–H and O–H groups in total. The van der Waals surface area contributed by atoms with Gasteiger partial charge in [0, 0.05) is 40.2 Å². The van der Waals surface area contributed by atoms with E-state index in [-0.39, 0.29) is 58.6 Å². The molecule has 0 spiro atoms. The molecule has 0 unspecified atom stereocenters. The van der Waals surface area contributed by atoms with Crippen LogP contribution in [-0.4, -0.2) is 183 Å². The van der Waals surface area contributed by atoms with Gasteiger partial charge in [0.2, 0.25) is 0 Å². The number of rotatable bonds is 30. The number of hydrogen-bond acceptors (Lipinski definition) is 12. The summed E-state index contributed by atoms with van der Waals surface area (Å²) < 4.78 is 211. The van der Waals surface area contributed by atoms with Crippen molar-refractivity contribution < 1.29 is 136 Å². The van der Waals surface area contributed by atoms with Crippen LogP contribution in [-0.2, 0) is 18.9 Å². The summed E-state index contributed by atoms with van der Waals surface area (Å²) in [5.41, 5.74) is -3.75. The quantitative estimate of drug-likeness (QED) is 0.0260. The lowest BCUT2D eigenvalue weighted by Crippen LogP contribution is -2.38. The fraction of sp³-hybridized carbons (Fsp3) is 1.00. The molecule has 412 valence electrons. The van der Waals surface area contributed by atoms with Crippen LogP contribution in [0, 0.1) is 21.7 Å². The van der Waals surface area contributed by atoms with Gasteiger partial charge in [-0.3, -0.25) is 0 Å². The van der Waals surface area contributed by atoms with Crippen LogP contribution in [0.1, 0.15) is 84.8 Å². The molecule has 0 saturated heterocycles. The van der Waals surface area contributed by atoms with E-state index < -0.39 is 137 Å². The first-order valence-electron chi connectivity index (χ1n) is 20.2. The largest absolute Gasteiger partial charge is 0.453 e. The molecule has 0 amide bonds. The van der Waals surface area contributed by atoms with Gasteiger partial charge in [-0.05, 0) is 25.7 Å². The van der Waals surface area contributed by atoms with Crippen LogP contribution in [0.3, 0.4) is 0 Å². The Labute approximate surface area is 379 Å². The van der Waals surface area contributed by atoms with Crippen LogP contribution < -0.4 is 0 Å². The Kier molecular flexibility index (Phi) is 35.6. The van der Waals surface area contributed by atoms with E-state index in [4.69, 9.17) is 55.1 Å². The van der Waals surface area contributed by atoms with E-state index in [0.29, 0.717) is 25.7 Å². The summed E-state index contributed by atoms with van der Waals surface area (Å²) in [5, 5.41) is 71.8. The second-order valence-corrected chi connectivity index (χ2v) is 15.7. The lowest BCUT2D eigenvalue weighted by atomic mass is 9.88. The molecule has 0 aromatic carbocycles. The molecule has 0 rings (SSSR count). The normalized spacial score (nSPS) is 13.6. The maximum atomic E-state index is 12.9. The molecule has 0 aromatic heterocycles. The Morgan fingerprint density at radius 1 is 0.333 bits per heavy atom. The van der Waals surface area contributed by atoms with Crippen molar-refractivity contribution in [2.24, 2.45) is 21.7 Å². The Morgan fingerprint density at radius 2 is 0.606 bits per heavy atom. The Hall–Kier alpha value is -1.60. The van der Waals surface area contributed by atoms with Crippen LogP contribution in [0.5, 0.6) is 0 Å². The minimum Gasteiger partial charge on any atom is -0.396 e. The van der Waals surface area contributed by atoms with Crippen molar-refractivity contribution in [3.8, 4) is 0 Å². The molecule has 0 atom stereocenters. The number of alkyl halides is 16. The fourth-order valence-electron chi connectivity index (χ4n) is 4.25. The van der Waals surface area contributed by atoms with Crippen LogP contribution in [0.4, 0.5) is 70.2 Å². The first kappa shape index (κ1) is 71.0. The van der Waals surface area contributed by atoms with Crippen LogP contribution in [0.2, 0.25) is 0 Å². The second-order valence-electron chi connectivity index (χ2n) is 15.7. The summed E-state index contributed by atoms with van der Waals surface area (Å²) in [5.74, 6) is -8.66. The van der Waals surface area contributed by atoms with Gasteiger partial charge in [0.05, 0.1) is 106 Å². The number of hydrogen-bond donors (Lipinski definition) is 8. The van der Waals surface area contributed by atoms with E-state index in [2.05, 4.69) is 4.74 Å². The molecular formula is C38H76F16O12. The average Bonchev–Trinajstić information content (AvgIpc) is 3.22. The lowest BCUT2D eigenvalue weighted by molar-refractivity contribution is -0.287. The first-order chi connectivity index (χ1) is 30.0. The van der Waals surface area contributed by atoms with E-state index in [1.807, 2.05) is 0 Å². The summed E-state index contributed by atoms with van der Waals surface area (Å²) in [6, 6.07) is 0. The molecule has 0 bridgehead atoms. The third-order valence-electron chi connectivity index (χ3n) is 10.2. The van der Waals surface area contributed by atoms with Crippen LogP contribution in [0.15, 0.2) is 0 Å². The molecule has 0 aliphatic rings. The topological polar surface area (TPSA) is 199 Å². The van der Waals surface area contributed by atoms with E-state index in [9.17, 15) is 70.2 Å². The van der Waals surface area contributed by atoms with Gasteiger partial charge in [-0.1, -0.05) is 27.7 Å². The molecule has 0 fully saturated rings. The van der Waals surface area contributed by atoms with Crippen molar-refractivity contribution in [3.05, 3.63) is 0 Å². The zero-order valence-corrected chi connectivity index (χ0v) is 37.2. The molecule has 0 radical (unpaired) electrons. The monoisotopic (exact) mass is 1030 g/mol. The van der Waals surface area contributed by atoms with Crippen molar-refractivity contribution in [1.29, 1.82) is 0 Å². The first-order valence-corrected chi connectivity index (χ1v) is 20.2. The van der Waals surface area contributed by atoms with Crippen molar-refractivity contribution in [2.45, 2.75) is 116 Å². The van der Waals surface area contributed by atoms with Gasteiger partial charge in [0.15, 0.2) is 0 Å². The predicted octanol–water partition coefficient (Wildman–Crippen LogP) is 7.60. The molecule has 0 heterocycles. The second kappa shape index (κ2) is 33.1. The highest BCUT2D eigenvalue weighted by molar-refractivity contribution is 4.80. The van der Waals surface area contributed by atoms with Gasteiger partial charge >= 0.3 is 30.6 Å². The molecule has 0 aromatic rings. The fourth-order valence-corrected chi connectivity index (χ4v) is 4.25. The van der Waals surface area contributed by atoms with Gasteiger partial charge in [0.25, 0.3) is 5.92 Å². The predicted molar refractivity (Wildman–Crippen MR) is 212 cm³/mol. The molecular weight excluding hydrogens is 952 g/mol. The summed E-state index contributed by atoms with van der Waals surface area (Å²) in [4.78, 5) is 0. The Balaban J connectivity index is -0.000000121. The number of aliphatic hydroxyl groups is 8. The highest BCUT2D eigenvalue weighted by Gasteiger charge is 2.56. The van der Waals surface area contributed by atoms with E-state index in [1.165, 1.54) is 0 Å². The molecule has 0 aliphatic heterocycles. The third-order valence-corrected chi connectivity index (χ3v) is 10.2. The van der Waals surface area contributed by atoms with E-state index >= 15 is 0 Å². The molecule has 12 nitrogen and oxygen atoms in total. The minimum atomic E-state index is -5.59. The molecule has 0 saturated carbocycles. The number of aliphatic hydroxyl groups excluding tert-OH is 8. The Morgan fingerprint density at radius 3 is 0.833 bits per heavy atom. The van der Waals surface area contributed by atoms with E-state index in [1.54, 1.807) is 27.7 Å². The highest BCUT2D eigenvalue weighted by atomic mass is 19.4. The minimum absolute atomic E-state index is 0. The Bertz CT molecular complexity index is 1140. The van der Waals surface area contributed by atoms with Gasteiger partial charge in [-0.25, -0.2) is 8.78 Å². The van der Waals surface area contributed by atoms with Gasteiger partial charge < -0.3 is 59.8 Å². The lowest BCUT2D eigenvalue weighted by Gasteiger charge is -2.28. The van der Waals surface area contributed by atoms with E-state index in [0.717, 1.165) is 0 Å². The summed E-state index contributed by atoms with van der Waals surface area (Å²) >= 11 is 0. The standard InChI is InChI=1S/C11H19F5O3.C10H17F5O3.C9H17F3O3.C8H15F3O3.4H2/c1-2-9(6-17,7-18)8-19-4-3-10(12,13)5-11(14,15)16;1-2-8(5-16,6-17)7-18-4-3-9(11,12)10(13,14)15;1-2-8(5-13,6-14)7-15-4-3-9(10,11)12;1-2-7(3-12,4-13)5-14-6-8(9,10)11;;;;/h17-18H,2-8H2,1H3;16-17H,2-7H2,1H3;13-14H,2-7H2,1H3;12-13H,2-6H2,1H3;4*1H. The van der Waals surface area contributed by atoms with Crippen molar-refractivity contribution >= 4 is 0 Å². The summed E-state index contributed by atoms with van der Waals surface area (Å²) in [6.07, 6.45) is -23.3. The van der Waals surface area contributed by atoms with Gasteiger partial charge in [0.1, 0.15) is 13.0 Å². The van der Waals surface area contributed by atoms with Gasteiger partial charge in [-0.2, -0.15) is 61.5 Å². The highest BCUT2D eigenvalue weighted by Crippen LogP contribution is 2.38. The maximum Gasteiger partial charge on any atom is 0.453 e. The van der Waals surface area contributed by atoms with Gasteiger partial charge in [-0.15, -0.1) is 0 Å². The molecule has 28 heteroatoms. The zero-order chi connectivity index (χ0) is 52.8. The van der Waals surface area contributed by atoms with Crippen molar-refractivity contribution in [3.63, 3.8) is 0 Å². The summed E-state index contributed by atoms with van der Waals surface area (Å²) in [7, 11) is 0. The summed E-state index contributed by atoms with van der Waals surface area (Å²) in [6.45, 7) is -0.279.